The second kappa shape index (κ2) is 8.89. The van der Waals surface area contributed by atoms with E-state index in [0.29, 0.717) is 27.3 Å². The number of anilines is 1. The number of thioether (sulfide) groups is 1. The van der Waals surface area contributed by atoms with Crippen LogP contribution in [0.1, 0.15) is 23.2 Å². The van der Waals surface area contributed by atoms with Crippen molar-refractivity contribution in [3.63, 3.8) is 0 Å². The Kier molecular flexibility index (Phi) is 6.06. The van der Waals surface area contributed by atoms with Crippen molar-refractivity contribution in [1.29, 1.82) is 0 Å². The summed E-state index contributed by atoms with van der Waals surface area (Å²) in [6, 6.07) is 14.6. The van der Waals surface area contributed by atoms with E-state index in [4.69, 9.17) is 11.6 Å². The maximum atomic E-state index is 12.5. The molecule has 154 valence electrons. The van der Waals surface area contributed by atoms with Crippen LogP contribution < -0.4 is 10.6 Å². The molecule has 1 aliphatic rings. The van der Waals surface area contributed by atoms with Gasteiger partial charge >= 0.3 is 0 Å². The number of para-hydroxylation sites is 1. The Morgan fingerprint density at radius 2 is 1.87 bits per heavy atom. The summed E-state index contributed by atoms with van der Waals surface area (Å²) < 4.78 is 1.80. The molecule has 7 nitrogen and oxygen atoms in total. The largest absolute Gasteiger partial charge is 0.349 e. The molecule has 30 heavy (non-hydrogen) atoms. The van der Waals surface area contributed by atoms with E-state index in [-0.39, 0.29) is 23.6 Å². The number of hydrogen-bond donors (Lipinski definition) is 2. The average molecular weight is 442 g/mol. The molecule has 0 unspecified atom stereocenters. The summed E-state index contributed by atoms with van der Waals surface area (Å²) in [5.74, 6) is 0.367. The van der Waals surface area contributed by atoms with Crippen molar-refractivity contribution in [1.82, 2.24) is 20.1 Å². The molecular formula is C21H20ClN5O2S. The number of rotatable bonds is 7. The number of amides is 2. The van der Waals surface area contributed by atoms with Crippen LogP contribution >= 0.6 is 23.4 Å². The van der Waals surface area contributed by atoms with Gasteiger partial charge in [-0.05, 0) is 37.1 Å². The molecule has 0 bridgehead atoms. The molecule has 1 aliphatic carbocycles. The van der Waals surface area contributed by atoms with Gasteiger partial charge in [0.2, 0.25) is 5.91 Å². The van der Waals surface area contributed by atoms with Crippen molar-refractivity contribution < 1.29 is 9.59 Å². The molecule has 1 heterocycles. The van der Waals surface area contributed by atoms with E-state index in [1.54, 1.807) is 34.9 Å². The maximum absolute atomic E-state index is 12.5. The van der Waals surface area contributed by atoms with Crippen molar-refractivity contribution >= 4 is 40.9 Å². The molecule has 0 aliphatic heterocycles. The smallest absolute Gasteiger partial charge is 0.253 e. The molecule has 0 radical (unpaired) electrons. The average Bonchev–Trinajstić information content (AvgIpc) is 3.48. The molecule has 2 aromatic carbocycles. The first-order chi connectivity index (χ1) is 14.5. The fourth-order valence-corrected chi connectivity index (χ4v) is 3.85. The highest BCUT2D eigenvalue weighted by atomic mass is 35.5. The Morgan fingerprint density at radius 1 is 1.13 bits per heavy atom. The van der Waals surface area contributed by atoms with Crippen LogP contribution in [-0.2, 0) is 11.8 Å². The lowest BCUT2D eigenvalue weighted by Crippen LogP contribution is -2.27. The summed E-state index contributed by atoms with van der Waals surface area (Å²) >= 11 is 7.51. The highest BCUT2D eigenvalue weighted by molar-refractivity contribution is 7.99. The lowest BCUT2D eigenvalue weighted by Gasteiger charge is -2.11. The summed E-state index contributed by atoms with van der Waals surface area (Å²) in [5, 5.41) is 15.3. The number of aromatic nitrogens is 3. The van der Waals surface area contributed by atoms with Crippen LogP contribution in [0.3, 0.4) is 0 Å². The topological polar surface area (TPSA) is 88.9 Å². The SMILES string of the molecule is Cn1c(SCC(=O)Nc2ccccc2C(=O)NC2CC2)nnc1-c1ccccc1Cl. The quantitative estimate of drug-likeness (QED) is 0.545. The maximum Gasteiger partial charge on any atom is 0.253 e. The lowest BCUT2D eigenvalue weighted by atomic mass is 10.1. The number of benzene rings is 2. The van der Waals surface area contributed by atoms with Gasteiger partial charge in [-0.15, -0.1) is 10.2 Å². The zero-order valence-electron chi connectivity index (χ0n) is 16.3. The van der Waals surface area contributed by atoms with Crippen molar-refractivity contribution in [3.8, 4) is 11.4 Å². The number of carbonyl (C=O) groups is 2. The molecule has 1 aromatic heterocycles. The van der Waals surface area contributed by atoms with Gasteiger partial charge in [-0.1, -0.05) is 47.6 Å². The van der Waals surface area contributed by atoms with Gasteiger partial charge in [0.25, 0.3) is 5.91 Å². The van der Waals surface area contributed by atoms with Gasteiger partial charge in [-0.25, -0.2) is 0 Å². The van der Waals surface area contributed by atoms with E-state index in [0.717, 1.165) is 18.4 Å². The molecule has 1 fully saturated rings. The molecular weight excluding hydrogens is 422 g/mol. The third-order valence-electron chi connectivity index (χ3n) is 4.64. The molecule has 0 saturated heterocycles. The predicted molar refractivity (Wildman–Crippen MR) is 118 cm³/mol. The van der Waals surface area contributed by atoms with E-state index >= 15 is 0 Å². The molecule has 3 aromatic rings. The highest BCUT2D eigenvalue weighted by Gasteiger charge is 2.25. The summed E-state index contributed by atoms with van der Waals surface area (Å²) in [7, 11) is 1.83. The van der Waals surface area contributed by atoms with Gasteiger partial charge in [0.05, 0.1) is 22.0 Å². The van der Waals surface area contributed by atoms with Gasteiger partial charge in [0.1, 0.15) is 0 Å². The Balaban J connectivity index is 1.40. The van der Waals surface area contributed by atoms with Crippen LogP contribution in [0.25, 0.3) is 11.4 Å². The van der Waals surface area contributed by atoms with Crippen LogP contribution in [-0.4, -0.2) is 38.4 Å². The minimum Gasteiger partial charge on any atom is -0.349 e. The van der Waals surface area contributed by atoms with Crippen molar-refractivity contribution in [2.45, 2.75) is 24.0 Å². The summed E-state index contributed by atoms with van der Waals surface area (Å²) in [6.07, 6.45) is 2.01. The Hall–Kier alpha value is -2.84. The van der Waals surface area contributed by atoms with Crippen LogP contribution in [0.4, 0.5) is 5.69 Å². The van der Waals surface area contributed by atoms with Crippen molar-refractivity contribution in [2.24, 2.45) is 7.05 Å². The number of nitrogens with one attached hydrogen (secondary N) is 2. The Labute approximate surface area is 183 Å². The molecule has 2 amide bonds. The van der Waals surface area contributed by atoms with E-state index in [9.17, 15) is 9.59 Å². The van der Waals surface area contributed by atoms with Crippen LogP contribution in [0, 0.1) is 0 Å². The third kappa shape index (κ3) is 4.66. The monoisotopic (exact) mass is 441 g/mol. The van der Waals surface area contributed by atoms with Crippen LogP contribution in [0.15, 0.2) is 53.7 Å². The van der Waals surface area contributed by atoms with E-state index in [2.05, 4.69) is 20.8 Å². The fraction of sp³-hybridized carbons (Fsp3) is 0.238. The first-order valence-electron chi connectivity index (χ1n) is 9.50. The molecule has 2 N–H and O–H groups in total. The fourth-order valence-electron chi connectivity index (χ4n) is 2.92. The van der Waals surface area contributed by atoms with Crippen molar-refractivity contribution in [3.05, 3.63) is 59.1 Å². The minimum absolute atomic E-state index is 0.132. The standard InChI is InChI=1S/C21H20ClN5O2S/c1-27-19(14-6-2-4-8-16(14)22)25-26-21(27)30-12-18(28)24-17-9-5-3-7-15(17)20(29)23-13-10-11-13/h2-9,13H,10-12H2,1H3,(H,23,29)(H,24,28). The van der Waals surface area contributed by atoms with E-state index < -0.39 is 0 Å². The normalized spacial score (nSPS) is 13.1. The molecule has 4 rings (SSSR count). The molecule has 1 saturated carbocycles. The second-order valence-electron chi connectivity index (χ2n) is 6.98. The van der Waals surface area contributed by atoms with Gasteiger partial charge in [0, 0.05) is 18.7 Å². The van der Waals surface area contributed by atoms with Gasteiger partial charge in [-0.3, -0.25) is 9.59 Å². The lowest BCUT2D eigenvalue weighted by molar-refractivity contribution is -0.113. The molecule has 0 atom stereocenters. The Morgan fingerprint density at radius 3 is 2.63 bits per heavy atom. The molecule has 9 heteroatoms. The number of nitrogens with zero attached hydrogens (tertiary/aromatic N) is 3. The first kappa shape index (κ1) is 20.4. The highest BCUT2D eigenvalue weighted by Crippen LogP contribution is 2.28. The van der Waals surface area contributed by atoms with Crippen LogP contribution in [0.5, 0.6) is 0 Å². The number of carbonyl (C=O) groups excluding carboxylic acids is 2. The van der Waals surface area contributed by atoms with E-state index in [1.165, 1.54) is 11.8 Å². The summed E-state index contributed by atoms with van der Waals surface area (Å²) in [4.78, 5) is 24.9. The van der Waals surface area contributed by atoms with Gasteiger partial charge in [-0.2, -0.15) is 0 Å². The van der Waals surface area contributed by atoms with Crippen LogP contribution in [0.2, 0.25) is 5.02 Å². The summed E-state index contributed by atoms with van der Waals surface area (Å²) in [6.45, 7) is 0. The van der Waals surface area contributed by atoms with E-state index in [1.807, 2.05) is 25.2 Å². The summed E-state index contributed by atoms with van der Waals surface area (Å²) in [5.41, 5.74) is 1.74. The van der Waals surface area contributed by atoms with Gasteiger partial charge < -0.3 is 15.2 Å². The molecule has 0 spiro atoms. The zero-order chi connectivity index (χ0) is 21.1. The third-order valence-corrected chi connectivity index (χ3v) is 5.99. The number of hydrogen-bond acceptors (Lipinski definition) is 5. The Bertz CT molecular complexity index is 1100. The minimum atomic E-state index is -0.228. The zero-order valence-corrected chi connectivity index (χ0v) is 17.8. The second-order valence-corrected chi connectivity index (χ2v) is 8.32. The van der Waals surface area contributed by atoms with Crippen molar-refractivity contribution in [2.75, 3.05) is 11.1 Å². The predicted octanol–water partition coefficient (Wildman–Crippen LogP) is 3.76. The number of halogens is 1. The first-order valence-corrected chi connectivity index (χ1v) is 10.9. The van der Waals surface area contributed by atoms with Gasteiger partial charge in [0.15, 0.2) is 11.0 Å².